The van der Waals surface area contributed by atoms with Crippen LogP contribution in [0.1, 0.15) is 71.6 Å². The average Bonchev–Trinajstić information content (AvgIpc) is 3.46. The highest BCUT2D eigenvalue weighted by atomic mass is 16.5. The Balaban J connectivity index is 1.46. The SMILES string of the molecule is COc1cc(C)c2[nH]ccc2c1CN1CC[C@H]2C[C@H]1c1ccc(C(=O)O)c3ccc(cc13)OCCCCCCO2. The van der Waals surface area contributed by atoms with Gasteiger partial charge >= 0.3 is 5.97 Å². The predicted molar refractivity (Wildman–Crippen MR) is 157 cm³/mol. The zero-order valence-corrected chi connectivity index (χ0v) is 23.4. The van der Waals surface area contributed by atoms with E-state index in [0.717, 1.165) is 96.2 Å². The molecule has 2 aliphatic rings. The molecule has 4 aromatic rings. The van der Waals surface area contributed by atoms with Crippen LogP contribution in [0.4, 0.5) is 0 Å². The highest BCUT2D eigenvalue weighted by Gasteiger charge is 2.33. The molecule has 0 spiro atoms. The van der Waals surface area contributed by atoms with Gasteiger partial charge in [-0.05, 0) is 97.3 Å². The Kier molecular flexibility index (Phi) is 7.67. The van der Waals surface area contributed by atoms with Crippen molar-refractivity contribution in [2.24, 2.45) is 0 Å². The molecule has 1 fully saturated rings. The van der Waals surface area contributed by atoms with Gasteiger partial charge in [0, 0.05) is 48.4 Å². The van der Waals surface area contributed by atoms with Crippen LogP contribution in [-0.2, 0) is 11.3 Å². The van der Waals surface area contributed by atoms with Crippen molar-refractivity contribution in [1.29, 1.82) is 0 Å². The number of aromatic nitrogens is 1. The summed E-state index contributed by atoms with van der Waals surface area (Å²) in [6.07, 6.45) is 8.24. The number of piperidine rings is 1. The van der Waals surface area contributed by atoms with Crippen LogP contribution in [0.2, 0.25) is 0 Å². The van der Waals surface area contributed by atoms with Crippen molar-refractivity contribution >= 4 is 27.6 Å². The van der Waals surface area contributed by atoms with Crippen LogP contribution >= 0.6 is 0 Å². The van der Waals surface area contributed by atoms with E-state index in [-0.39, 0.29) is 12.1 Å². The van der Waals surface area contributed by atoms with Crippen molar-refractivity contribution in [3.8, 4) is 11.5 Å². The molecular weight excluding hydrogens is 504 g/mol. The number of nitrogens with zero attached hydrogens (tertiary/aromatic N) is 1. The van der Waals surface area contributed by atoms with Crippen LogP contribution in [0.25, 0.3) is 21.7 Å². The minimum Gasteiger partial charge on any atom is -0.496 e. The molecule has 2 aliphatic heterocycles. The fourth-order valence-corrected chi connectivity index (χ4v) is 6.54. The standard InChI is InChI=1S/C33H38N2O5/c1-21-17-31(38-2)29(26-11-13-34-32(21)26)20-35-14-12-23-19-30(35)25-9-10-27(33(36)37)24-8-7-22(18-28(24)25)39-15-5-3-4-6-16-40-23/h7-11,13,17-18,23,30,34H,3-6,12,14-16,19-20H2,1-2H3,(H,36,37)/t23-,30-/m0/s1. The molecule has 3 heterocycles. The lowest BCUT2D eigenvalue weighted by Crippen LogP contribution is -2.39. The van der Waals surface area contributed by atoms with Crippen LogP contribution < -0.4 is 9.47 Å². The second-order valence-corrected chi connectivity index (χ2v) is 11.1. The van der Waals surface area contributed by atoms with Gasteiger partial charge in [-0.15, -0.1) is 0 Å². The summed E-state index contributed by atoms with van der Waals surface area (Å²) in [7, 11) is 1.74. The number of nitrogens with one attached hydrogen (secondary N) is 1. The van der Waals surface area contributed by atoms with Crippen molar-refractivity contribution in [2.75, 3.05) is 26.9 Å². The predicted octanol–water partition coefficient (Wildman–Crippen LogP) is 7.01. The Hall–Kier alpha value is -3.55. The second kappa shape index (κ2) is 11.5. The Bertz CT molecular complexity index is 1530. The molecule has 2 N–H and O–H groups in total. The van der Waals surface area contributed by atoms with E-state index < -0.39 is 5.97 Å². The third-order valence-corrected chi connectivity index (χ3v) is 8.63. The van der Waals surface area contributed by atoms with Gasteiger partial charge in [0.1, 0.15) is 11.5 Å². The number of carbonyl (C=O) groups is 1. The smallest absolute Gasteiger partial charge is 0.336 e. The number of fused-ring (bicyclic) bond motifs is 5. The summed E-state index contributed by atoms with van der Waals surface area (Å²) < 4.78 is 18.5. The number of carboxylic acid groups (broad SMARTS) is 1. The Labute approximate surface area is 235 Å². The number of carboxylic acids is 1. The number of hydrogen-bond donors (Lipinski definition) is 2. The van der Waals surface area contributed by atoms with Crippen LogP contribution in [-0.4, -0.2) is 53.9 Å². The van der Waals surface area contributed by atoms with E-state index in [9.17, 15) is 9.90 Å². The number of methoxy groups -OCH3 is 1. The van der Waals surface area contributed by atoms with E-state index >= 15 is 0 Å². The number of aryl methyl sites for hydroxylation is 1. The Morgan fingerprint density at radius 2 is 1.90 bits per heavy atom. The molecule has 2 atom stereocenters. The van der Waals surface area contributed by atoms with Crippen LogP contribution in [0.3, 0.4) is 0 Å². The summed E-state index contributed by atoms with van der Waals surface area (Å²) in [6, 6.07) is 13.9. The number of aromatic carboxylic acids is 1. The van der Waals surface area contributed by atoms with Gasteiger partial charge in [-0.2, -0.15) is 0 Å². The zero-order valence-electron chi connectivity index (χ0n) is 23.4. The first-order valence-corrected chi connectivity index (χ1v) is 14.5. The first kappa shape index (κ1) is 26.7. The molecule has 40 heavy (non-hydrogen) atoms. The number of ether oxygens (including phenoxy) is 3. The van der Waals surface area contributed by atoms with Gasteiger partial charge in [0.15, 0.2) is 0 Å². The maximum Gasteiger partial charge on any atom is 0.336 e. The van der Waals surface area contributed by atoms with Crippen molar-refractivity contribution < 1.29 is 24.1 Å². The van der Waals surface area contributed by atoms with E-state index in [1.54, 1.807) is 13.2 Å². The van der Waals surface area contributed by atoms with Gasteiger partial charge in [0.2, 0.25) is 0 Å². The summed E-state index contributed by atoms with van der Waals surface area (Å²) >= 11 is 0. The van der Waals surface area contributed by atoms with E-state index in [0.29, 0.717) is 18.7 Å². The fourth-order valence-electron chi connectivity index (χ4n) is 6.54. The summed E-state index contributed by atoms with van der Waals surface area (Å²) in [5.74, 6) is 0.759. The van der Waals surface area contributed by atoms with Gasteiger partial charge in [-0.1, -0.05) is 12.5 Å². The molecule has 1 aromatic heterocycles. The fraction of sp³-hybridized carbons (Fsp3) is 0.424. The lowest BCUT2D eigenvalue weighted by Gasteiger charge is -2.40. The quantitative estimate of drug-likeness (QED) is 0.289. The molecule has 7 nitrogen and oxygen atoms in total. The van der Waals surface area contributed by atoms with Gasteiger partial charge in [-0.25, -0.2) is 4.79 Å². The van der Waals surface area contributed by atoms with E-state index in [1.807, 2.05) is 30.5 Å². The van der Waals surface area contributed by atoms with Crippen LogP contribution in [0.15, 0.2) is 48.7 Å². The molecule has 6 rings (SSSR count). The highest BCUT2D eigenvalue weighted by Crippen LogP contribution is 2.41. The monoisotopic (exact) mass is 542 g/mol. The molecule has 210 valence electrons. The van der Waals surface area contributed by atoms with Crippen molar-refractivity contribution in [2.45, 2.75) is 64.1 Å². The Morgan fingerprint density at radius 3 is 2.73 bits per heavy atom. The summed E-state index contributed by atoms with van der Waals surface area (Å²) in [6.45, 7) is 5.11. The van der Waals surface area contributed by atoms with E-state index in [2.05, 4.69) is 28.9 Å². The van der Waals surface area contributed by atoms with Gasteiger partial charge in [-0.3, -0.25) is 4.90 Å². The molecule has 0 radical (unpaired) electrons. The topological polar surface area (TPSA) is 84.0 Å². The van der Waals surface area contributed by atoms with Crippen LogP contribution in [0.5, 0.6) is 11.5 Å². The lowest BCUT2D eigenvalue weighted by molar-refractivity contribution is -0.0199. The van der Waals surface area contributed by atoms with Gasteiger partial charge < -0.3 is 24.3 Å². The maximum atomic E-state index is 12.2. The third-order valence-electron chi connectivity index (χ3n) is 8.63. The van der Waals surface area contributed by atoms with Crippen molar-refractivity contribution in [3.05, 3.63) is 70.9 Å². The molecule has 3 aromatic carbocycles. The summed E-state index contributed by atoms with van der Waals surface area (Å²) in [5.41, 5.74) is 4.88. The highest BCUT2D eigenvalue weighted by molar-refractivity contribution is 6.05. The summed E-state index contributed by atoms with van der Waals surface area (Å²) in [4.78, 5) is 18.1. The number of likely N-dealkylation sites (tertiary alicyclic amines) is 1. The number of hydrogen-bond acceptors (Lipinski definition) is 5. The maximum absolute atomic E-state index is 12.2. The number of rotatable bonds is 4. The molecule has 0 unspecified atom stereocenters. The molecule has 0 aliphatic carbocycles. The number of benzene rings is 3. The first-order valence-electron chi connectivity index (χ1n) is 14.5. The van der Waals surface area contributed by atoms with Crippen molar-refractivity contribution in [1.82, 2.24) is 9.88 Å². The van der Waals surface area contributed by atoms with E-state index in [4.69, 9.17) is 14.2 Å². The molecule has 1 saturated heterocycles. The third kappa shape index (κ3) is 5.16. The molecule has 0 saturated carbocycles. The Morgan fingerprint density at radius 1 is 1.05 bits per heavy atom. The summed E-state index contributed by atoms with van der Waals surface area (Å²) in [5, 5.41) is 12.8. The van der Waals surface area contributed by atoms with Gasteiger partial charge in [0.05, 0.1) is 25.4 Å². The minimum absolute atomic E-state index is 0.0458. The number of aromatic amines is 1. The number of H-pyrrole nitrogens is 1. The minimum atomic E-state index is -0.919. The lowest BCUT2D eigenvalue weighted by atomic mass is 9.88. The second-order valence-electron chi connectivity index (χ2n) is 11.1. The normalized spacial score (nSPS) is 20.6. The van der Waals surface area contributed by atoms with Crippen molar-refractivity contribution in [3.63, 3.8) is 0 Å². The zero-order chi connectivity index (χ0) is 27.6. The molecule has 0 amide bonds. The molecule has 7 heteroatoms. The largest absolute Gasteiger partial charge is 0.496 e. The molecular formula is C33H38N2O5. The average molecular weight is 543 g/mol. The van der Waals surface area contributed by atoms with E-state index in [1.165, 1.54) is 5.39 Å². The van der Waals surface area contributed by atoms with Gasteiger partial charge in [0.25, 0.3) is 0 Å². The first-order chi connectivity index (χ1) is 19.5. The molecule has 4 bridgehead atoms. The van der Waals surface area contributed by atoms with Crippen LogP contribution in [0, 0.1) is 6.92 Å².